The van der Waals surface area contributed by atoms with Crippen molar-refractivity contribution in [3.8, 4) is 0 Å². The number of rotatable bonds is 10. The molecule has 0 unspecified atom stereocenters. The molecule has 1 aromatic carbocycles. The molecular formula is C12H22ClN3O4S2. The highest BCUT2D eigenvalue weighted by Crippen LogP contribution is 2.06. The number of sulfonamides is 2. The molecule has 0 heterocycles. The van der Waals surface area contributed by atoms with Crippen LogP contribution in [0, 0.1) is 0 Å². The van der Waals surface area contributed by atoms with Crippen LogP contribution in [0.4, 0.5) is 0 Å². The number of benzene rings is 1. The van der Waals surface area contributed by atoms with Gasteiger partial charge in [-0.1, -0.05) is 25.1 Å². The summed E-state index contributed by atoms with van der Waals surface area (Å²) in [6.45, 7) is 3.33. The Balaban J connectivity index is 0.00000441. The summed E-state index contributed by atoms with van der Waals surface area (Å²) in [7, 11) is -7.15. The van der Waals surface area contributed by atoms with Crippen LogP contribution in [0.2, 0.25) is 0 Å². The predicted molar refractivity (Wildman–Crippen MR) is 89.2 cm³/mol. The van der Waals surface area contributed by atoms with Gasteiger partial charge in [0.2, 0.25) is 20.0 Å². The van der Waals surface area contributed by atoms with E-state index in [-0.39, 0.29) is 36.1 Å². The molecule has 3 N–H and O–H groups in total. The van der Waals surface area contributed by atoms with Gasteiger partial charge in [-0.05, 0) is 18.7 Å². The van der Waals surface area contributed by atoms with E-state index in [2.05, 4.69) is 14.8 Å². The molecule has 128 valence electrons. The van der Waals surface area contributed by atoms with Gasteiger partial charge in [-0.3, -0.25) is 0 Å². The molecule has 1 rings (SSSR count). The lowest BCUT2D eigenvalue weighted by molar-refractivity contribution is 0.572. The van der Waals surface area contributed by atoms with E-state index < -0.39 is 20.0 Å². The van der Waals surface area contributed by atoms with Crippen molar-refractivity contribution < 1.29 is 16.8 Å². The van der Waals surface area contributed by atoms with Crippen LogP contribution < -0.4 is 14.8 Å². The van der Waals surface area contributed by atoms with Crippen molar-refractivity contribution in [3.05, 3.63) is 30.3 Å². The van der Waals surface area contributed by atoms with Crippen LogP contribution in [0.5, 0.6) is 0 Å². The maximum absolute atomic E-state index is 11.9. The molecule has 0 atom stereocenters. The monoisotopic (exact) mass is 371 g/mol. The summed E-state index contributed by atoms with van der Waals surface area (Å²) in [4.78, 5) is 0.113. The summed E-state index contributed by atoms with van der Waals surface area (Å²) >= 11 is 0. The van der Waals surface area contributed by atoms with Gasteiger partial charge in [-0.2, -0.15) is 0 Å². The Morgan fingerprint density at radius 2 is 1.55 bits per heavy atom. The van der Waals surface area contributed by atoms with E-state index in [1.165, 1.54) is 12.1 Å². The maximum Gasteiger partial charge on any atom is 0.240 e. The SMILES string of the molecule is CCNCCNS(=O)(=O)CCNS(=O)(=O)c1ccccc1.Cl. The van der Waals surface area contributed by atoms with Gasteiger partial charge in [0.05, 0.1) is 10.6 Å². The molecule has 0 aromatic heterocycles. The first-order chi connectivity index (χ1) is 9.87. The summed E-state index contributed by atoms with van der Waals surface area (Å²) in [5, 5.41) is 2.98. The van der Waals surface area contributed by atoms with Gasteiger partial charge in [0, 0.05) is 19.6 Å². The molecule has 0 amide bonds. The molecule has 0 aliphatic carbocycles. The summed E-state index contributed by atoms with van der Waals surface area (Å²) in [6.07, 6.45) is 0. The van der Waals surface area contributed by atoms with Crippen molar-refractivity contribution in [1.82, 2.24) is 14.8 Å². The van der Waals surface area contributed by atoms with Gasteiger partial charge in [-0.25, -0.2) is 26.3 Å². The van der Waals surface area contributed by atoms with Gasteiger partial charge < -0.3 is 5.32 Å². The molecule has 22 heavy (non-hydrogen) atoms. The quantitative estimate of drug-likeness (QED) is 0.499. The molecule has 0 aliphatic rings. The molecule has 1 aromatic rings. The first-order valence-electron chi connectivity index (χ1n) is 6.60. The molecule has 0 aliphatic heterocycles. The minimum atomic E-state index is -3.67. The van der Waals surface area contributed by atoms with Crippen molar-refractivity contribution in [2.75, 3.05) is 31.9 Å². The van der Waals surface area contributed by atoms with Gasteiger partial charge in [0.1, 0.15) is 0 Å². The van der Waals surface area contributed by atoms with E-state index in [0.29, 0.717) is 6.54 Å². The fourth-order valence-electron chi connectivity index (χ4n) is 1.54. The predicted octanol–water partition coefficient (Wildman–Crippen LogP) is -0.0844. The zero-order valence-electron chi connectivity index (χ0n) is 12.3. The normalized spacial score (nSPS) is 11.9. The number of nitrogens with one attached hydrogen (secondary N) is 3. The van der Waals surface area contributed by atoms with Crippen LogP contribution in [0.15, 0.2) is 35.2 Å². The standard InChI is InChI=1S/C12H21N3O4S2.ClH/c1-2-13-8-9-14-20(16,17)11-10-15-21(18,19)12-6-4-3-5-7-12;/h3-7,13-15H,2,8-11H2,1H3;1H. The smallest absolute Gasteiger partial charge is 0.240 e. The first kappa shape index (κ1) is 21.3. The van der Waals surface area contributed by atoms with Gasteiger partial charge >= 0.3 is 0 Å². The third kappa shape index (κ3) is 8.06. The average molecular weight is 372 g/mol. The lowest BCUT2D eigenvalue weighted by Crippen LogP contribution is -2.37. The number of hydrogen-bond donors (Lipinski definition) is 3. The van der Waals surface area contributed by atoms with Crippen LogP contribution in [-0.4, -0.2) is 48.8 Å². The largest absolute Gasteiger partial charge is 0.316 e. The van der Waals surface area contributed by atoms with Crippen molar-refractivity contribution in [3.63, 3.8) is 0 Å². The fourth-order valence-corrected chi connectivity index (χ4v) is 3.65. The summed E-state index contributed by atoms with van der Waals surface area (Å²) in [6, 6.07) is 7.82. The second-order valence-electron chi connectivity index (χ2n) is 4.28. The molecule has 0 saturated heterocycles. The second kappa shape index (κ2) is 10.1. The van der Waals surface area contributed by atoms with Crippen LogP contribution in [0.3, 0.4) is 0 Å². The van der Waals surface area contributed by atoms with Crippen LogP contribution in [0.25, 0.3) is 0 Å². The minimum absolute atomic E-state index is 0. The highest BCUT2D eigenvalue weighted by Gasteiger charge is 2.15. The Kier molecular flexibility index (Phi) is 9.81. The van der Waals surface area contributed by atoms with E-state index in [9.17, 15) is 16.8 Å². The van der Waals surface area contributed by atoms with Crippen molar-refractivity contribution in [2.24, 2.45) is 0 Å². The summed E-state index contributed by atoms with van der Waals surface area (Å²) in [5.41, 5.74) is 0. The van der Waals surface area contributed by atoms with Gasteiger partial charge in [-0.15, -0.1) is 12.4 Å². The topological polar surface area (TPSA) is 104 Å². The van der Waals surface area contributed by atoms with Crippen LogP contribution >= 0.6 is 12.4 Å². The summed E-state index contributed by atoms with van der Waals surface area (Å²) in [5.74, 6) is -0.300. The zero-order chi connectivity index (χ0) is 15.8. The molecule has 10 heteroatoms. The fraction of sp³-hybridized carbons (Fsp3) is 0.500. The molecule has 0 radical (unpaired) electrons. The number of hydrogen-bond acceptors (Lipinski definition) is 5. The van der Waals surface area contributed by atoms with E-state index in [1.54, 1.807) is 18.2 Å². The van der Waals surface area contributed by atoms with Gasteiger partial charge in [0.25, 0.3) is 0 Å². The maximum atomic E-state index is 11.9. The Morgan fingerprint density at radius 1 is 0.909 bits per heavy atom. The Morgan fingerprint density at radius 3 is 2.14 bits per heavy atom. The highest BCUT2D eigenvalue weighted by atomic mass is 35.5. The molecule has 0 spiro atoms. The Bertz CT molecular complexity index is 621. The van der Waals surface area contributed by atoms with Crippen molar-refractivity contribution in [2.45, 2.75) is 11.8 Å². The third-order valence-electron chi connectivity index (χ3n) is 2.59. The van der Waals surface area contributed by atoms with E-state index in [1.807, 2.05) is 6.92 Å². The first-order valence-corrected chi connectivity index (χ1v) is 9.74. The molecule has 7 nitrogen and oxygen atoms in total. The molecule has 0 saturated carbocycles. The lowest BCUT2D eigenvalue weighted by Gasteiger charge is -2.08. The van der Waals surface area contributed by atoms with Crippen LogP contribution in [0.1, 0.15) is 6.92 Å². The minimum Gasteiger partial charge on any atom is -0.316 e. The van der Waals surface area contributed by atoms with Crippen LogP contribution in [-0.2, 0) is 20.0 Å². The molecule has 0 fully saturated rings. The van der Waals surface area contributed by atoms with E-state index >= 15 is 0 Å². The van der Waals surface area contributed by atoms with Gasteiger partial charge in [0.15, 0.2) is 0 Å². The Labute approximate surface area is 138 Å². The van der Waals surface area contributed by atoms with E-state index in [4.69, 9.17) is 0 Å². The highest BCUT2D eigenvalue weighted by molar-refractivity contribution is 7.90. The molecule has 0 bridgehead atoms. The average Bonchev–Trinajstić information content (AvgIpc) is 2.44. The number of likely N-dealkylation sites (N-methyl/N-ethyl adjacent to an activating group) is 1. The lowest BCUT2D eigenvalue weighted by atomic mass is 10.4. The Hall–Kier alpha value is -0.710. The third-order valence-corrected chi connectivity index (χ3v) is 5.45. The summed E-state index contributed by atoms with van der Waals surface area (Å²) < 4.78 is 51.7. The molecular weight excluding hydrogens is 350 g/mol. The van der Waals surface area contributed by atoms with Crippen molar-refractivity contribution >= 4 is 32.5 Å². The van der Waals surface area contributed by atoms with Crippen molar-refractivity contribution in [1.29, 1.82) is 0 Å². The van der Waals surface area contributed by atoms with E-state index in [0.717, 1.165) is 6.54 Å². The second-order valence-corrected chi connectivity index (χ2v) is 7.97. The zero-order valence-corrected chi connectivity index (χ0v) is 14.7. The number of halogens is 1.